The lowest BCUT2D eigenvalue weighted by Crippen LogP contribution is -2.08. The second-order valence-electron chi connectivity index (χ2n) is 2.96. The van der Waals surface area contributed by atoms with E-state index in [1.807, 2.05) is 0 Å². The highest BCUT2D eigenvalue weighted by atomic mass is 35.5. The highest BCUT2D eigenvalue weighted by Crippen LogP contribution is 2.34. The van der Waals surface area contributed by atoms with E-state index in [4.69, 9.17) is 21.1 Å². The number of hydrogen-bond acceptors (Lipinski definition) is 4. The molecule has 0 aliphatic heterocycles. The van der Waals surface area contributed by atoms with Crippen LogP contribution in [0.25, 0.3) is 0 Å². The lowest BCUT2D eigenvalue weighted by atomic mass is 10.1. The molecule has 1 aromatic rings. The quantitative estimate of drug-likeness (QED) is 0.602. The number of carbonyl (C=O) groups excluding carboxylic acids is 1. The number of alkyl halides is 1. The second-order valence-corrected chi connectivity index (χ2v) is 3.23. The Balaban J connectivity index is 3.42. The van der Waals surface area contributed by atoms with Crippen molar-refractivity contribution in [3.63, 3.8) is 0 Å². The Bertz CT molecular complexity index is 390. The minimum Gasteiger partial charge on any atom is -0.493 e. The highest BCUT2D eigenvalue weighted by molar-refractivity contribution is 6.17. The van der Waals surface area contributed by atoms with Crippen LogP contribution >= 0.6 is 11.6 Å². The number of esters is 1. The Kier molecular flexibility index (Phi) is 4.43. The Morgan fingerprint density at radius 2 is 1.94 bits per heavy atom. The number of rotatable bonds is 4. The third kappa shape index (κ3) is 2.22. The molecular formula is C11H13ClO4. The Hall–Kier alpha value is -1.42. The summed E-state index contributed by atoms with van der Waals surface area (Å²) in [6, 6.07) is 3.41. The van der Waals surface area contributed by atoms with Crippen LogP contribution in [0.15, 0.2) is 12.1 Å². The summed E-state index contributed by atoms with van der Waals surface area (Å²) in [5.74, 6) is 0.515. The number of ether oxygens (including phenoxy) is 3. The minimum atomic E-state index is -0.494. The van der Waals surface area contributed by atoms with E-state index in [2.05, 4.69) is 4.74 Å². The van der Waals surface area contributed by atoms with Crippen LogP contribution in [0.2, 0.25) is 0 Å². The predicted molar refractivity (Wildman–Crippen MR) is 60.4 cm³/mol. The van der Waals surface area contributed by atoms with Crippen molar-refractivity contribution >= 4 is 17.6 Å². The van der Waals surface area contributed by atoms with Crippen molar-refractivity contribution in [2.24, 2.45) is 0 Å². The van der Waals surface area contributed by atoms with Crippen molar-refractivity contribution in [3.8, 4) is 11.5 Å². The first-order valence-corrected chi connectivity index (χ1v) is 5.11. The maximum atomic E-state index is 11.6. The number of methoxy groups -OCH3 is 3. The van der Waals surface area contributed by atoms with Gasteiger partial charge in [-0.25, -0.2) is 4.79 Å². The van der Waals surface area contributed by atoms with Crippen molar-refractivity contribution in [2.75, 3.05) is 21.3 Å². The molecule has 0 saturated carbocycles. The molecule has 0 radical (unpaired) electrons. The molecule has 0 fully saturated rings. The molecule has 0 heterocycles. The topological polar surface area (TPSA) is 44.8 Å². The van der Waals surface area contributed by atoms with Gasteiger partial charge in [-0.1, -0.05) is 6.07 Å². The number of hydrogen-bond donors (Lipinski definition) is 0. The van der Waals surface area contributed by atoms with Gasteiger partial charge in [0.1, 0.15) is 5.56 Å². The summed E-state index contributed by atoms with van der Waals surface area (Å²) in [4.78, 5) is 11.6. The lowest BCUT2D eigenvalue weighted by molar-refractivity contribution is 0.0595. The van der Waals surface area contributed by atoms with Gasteiger partial charge in [-0.3, -0.25) is 0 Å². The molecule has 0 aliphatic carbocycles. The van der Waals surface area contributed by atoms with Gasteiger partial charge in [0.05, 0.1) is 21.3 Å². The van der Waals surface area contributed by atoms with Crippen LogP contribution in [0, 0.1) is 0 Å². The largest absolute Gasteiger partial charge is 0.493 e. The summed E-state index contributed by atoms with van der Waals surface area (Å²) < 4.78 is 14.9. The van der Waals surface area contributed by atoms with Gasteiger partial charge in [-0.15, -0.1) is 11.6 Å². The molecule has 4 nitrogen and oxygen atoms in total. The first-order valence-electron chi connectivity index (χ1n) is 4.57. The summed E-state index contributed by atoms with van der Waals surface area (Å²) in [6.07, 6.45) is 0. The molecule has 16 heavy (non-hydrogen) atoms. The van der Waals surface area contributed by atoms with E-state index >= 15 is 0 Å². The zero-order valence-corrected chi connectivity index (χ0v) is 10.1. The zero-order chi connectivity index (χ0) is 12.1. The standard InChI is InChI=1S/C11H13ClO4/c1-14-8-5-4-7(6-12)9(10(8)15-2)11(13)16-3/h4-5H,6H2,1-3H3. The van der Waals surface area contributed by atoms with Gasteiger partial charge in [0.25, 0.3) is 0 Å². The number of benzene rings is 1. The smallest absolute Gasteiger partial charge is 0.342 e. The fourth-order valence-electron chi connectivity index (χ4n) is 1.40. The Morgan fingerprint density at radius 1 is 1.25 bits per heavy atom. The Morgan fingerprint density at radius 3 is 2.38 bits per heavy atom. The SMILES string of the molecule is COC(=O)c1c(CCl)ccc(OC)c1OC. The maximum Gasteiger partial charge on any atom is 0.342 e. The van der Waals surface area contributed by atoms with E-state index in [0.717, 1.165) is 0 Å². The lowest BCUT2D eigenvalue weighted by Gasteiger charge is -2.14. The second kappa shape index (κ2) is 5.61. The van der Waals surface area contributed by atoms with Crippen molar-refractivity contribution < 1.29 is 19.0 Å². The molecule has 0 amide bonds. The van der Waals surface area contributed by atoms with Gasteiger partial charge in [-0.2, -0.15) is 0 Å². The first-order chi connectivity index (χ1) is 7.69. The van der Waals surface area contributed by atoms with Gasteiger partial charge in [0.2, 0.25) is 0 Å². The van der Waals surface area contributed by atoms with Crippen molar-refractivity contribution in [1.82, 2.24) is 0 Å². The van der Waals surface area contributed by atoms with Gasteiger partial charge in [0.15, 0.2) is 11.5 Å². The third-order valence-corrected chi connectivity index (χ3v) is 2.45. The van der Waals surface area contributed by atoms with E-state index in [0.29, 0.717) is 22.6 Å². The fourth-order valence-corrected chi connectivity index (χ4v) is 1.63. The van der Waals surface area contributed by atoms with Crippen LogP contribution in [0.4, 0.5) is 0 Å². The molecule has 0 atom stereocenters. The van der Waals surface area contributed by atoms with Crippen LogP contribution in [-0.2, 0) is 10.6 Å². The van der Waals surface area contributed by atoms with Gasteiger partial charge >= 0.3 is 5.97 Å². The first kappa shape index (κ1) is 12.6. The summed E-state index contributed by atoms with van der Waals surface area (Å²) in [6.45, 7) is 0. The van der Waals surface area contributed by atoms with E-state index in [1.54, 1.807) is 12.1 Å². The molecular weight excluding hydrogens is 232 g/mol. The van der Waals surface area contributed by atoms with E-state index in [1.165, 1.54) is 21.3 Å². The molecule has 0 bridgehead atoms. The van der Waals surface area contributed by atoms with Gasteiger partial charge in [-0.05, 0) is 11.6 Å². The highest BCUT2D eigenvalue weighted by Gasteiger charge is 2.21. The minimum absolute atomic E-state index is 0.199. The fraction of sp³-hybridized carbons (Fsp3) is 0.364. The monoisotopic (exact) mass is 244 g/mol. The molecule has 0 N–H and O–H groups in total. The van der Waals surface area contributed by atoms with Crippen molar-refractivity contribution in [1.29, 1.82) is 0 Å². The summed E-state index contributed by atoms with van der Waals surface area (Å²) in [7, 11) is 4.26. The summed E-state index contributed by atoms with van der Waals surface area (Å²) in [5.41, 5.74) is 0.950. The number of halogens is 1. The van der Waals surface area contributed by atoms with Crippen LogP contribution in [-0.4, -0.2) is 27.3 Å². The summed E-state index contributed by atoms with van der Waals surface area (Å²) >= 11 is 5.75. The molecule has 0 unspecified atom stereocenters. The van der Waals surface area contributed by atoms with Gasteiger partial charge < -0.3 is 14.2 Å². The molecule has 0 aliphatic rings. The van der Waals surface area contributed by atoms with Crippen LogP contribution in [0.1, 0.15) is 15.9 Å². The molecule has 1 aromatic carbocycles. The predicted octanol–water partition coefficient (Wildman–Crippen LogP) is 2.23. The average molecular weight is 245 g/mol. The van der Waals surface area contributed by atoms with Crippen molar-refractivity contribution in [2.45, 2.75) is 5.88 Å². The van der Waals surface area contributed by atoms with E-state index < -0.39 is 5.97 Å². The average Bonchev–Trinajstić information content (AvgIpc) is 2.35. The van der Waals surface area contributed by atoms with E-state index in [9.17, 15) is 4.79 Å². The van der Waals surface area contributed by atoms with Crippen LogP contribution < -0.4 is 9.47 Å². The van der Waals surface area contributed by atoms with Crippen molar-refractivity contribution in [3.05, 3.63) is 23.3 Å². The van der Waals surface area contributed by atoms with E-state index in [-0.39, 0.29) is 5.88 Å². The van der Waals surface area contributed by atoms with Gasteiger partial charge in [0, 0.05) is 5.88 Å². The molecule has 0 saturated heterocycles. The molecule has 0 aromatic heterocycles. The normalized spacial score (nSPS) is 9.75. The number of carbonyl (C=O) groups is 1. The molecule has 1 rings (SSSR count). The Labute approximate surface area is 99.1 Å². The van der Waals surface area contributed by atoms with Crippen LogP contribution in [0.3, 0.4) is 0 Å². The third-order valence-electron chi connectivity index (χ3n) is 2.17. The molecule has 0 spiro atoms. The van der Waals surface area contributed by atoms with Crippen LogP contribution in [0.5, 0.6) is 11.5 Å². The molecule has 5 heteroatoms. The maximum absolute atomic E-state index is 11.6. The molecule has 88 valence electrons. The zero-order valence-electron chi connectivity index (χ0n) is 9.37. The summed E-state index contributed by atoms with van der Waals surface area (Å²) in [5, 5.41) is 0.